The average molecular weight is 445 g/mol. The summed E-state index contributed by atoms with van der Waals surface area (Å²) in [6.07, 6.45) is 7.36. The molecule has 1 aromatic heterocycles. The van der Waals surface area contributed by atoms with Gasteiger partial charge in [-0.25, -0.2) is 4.98 Å². The number of hydrogen-bond donors (Lipinski definition) is 0. The summed E-state index contributed by atoms with van der Waals surface area (Å²) in [4.78, 5) is 7.72. The molecule has 0 saturated heterocycles. The van der Waals surface area contributed by atoms with Crippen LogP contribution in [0.3, 0.4) is 0 Å². The van der Waals surface area contributed by atoms with E-state index in [0.29, 0.717) is 0 Å². The van der Waals surface area contributed by atoms with Crippen LogP contribution in [0, 0.1) is 17.3 Å². The average Bonchev–Trinajstić information content (AvgIpc) is 3.31. The monoisotopic (exact) mass is 444 g/mol. The second kappa shape index (κ2) is 11.8. The molecule has 1 heterocycles. The highest BCUT2D eigenvalue weighted by atomic mass is 32.2. The first-order valence-corrected chi connectivity index (χ1v) is 12.0. The minimum absolute atomic E-state index is 0.0458. The lowest BCUT2D eigenvalue weighted by molar-refractivity contribution is 0.311. The molecule has 0 aliphatic rings. The van der Waals surface area contributed by atoms with E-state index in [1.165, 1.54) is 22.4 Å². The number of oxazole rings is 1. The maximum absolute atomic E-state index is 5.42. The summed E-state index contributed by atoms with van der Waals surface area (Å²) < 4.78 is 5.42. The molecule has 0 bridgehead atoms. The van der Waals surface area contributed by atoms with Crippen LogP contribution in [0.4, 0.5) is 0 Å². The summed E-state index contributed by atoms with van der Waals surface area (Å²) in [5, 5.41) is 0. The van der Waals surface area contributed by atoms with Crippen molar-refractivity contribution in [1.82, 2.24) is 9.88 Å². The highest BCUT2D eigenvalue weighted by Crippen LogP contribution is 2.27. The lowest BCUT2D eigenvalue weighted by atomic mass is 9.98. The van der Waals surface area contributed by atoms with Crippen LogP contribution in [-0.2, 0) is 12.3 Å². The van der Waals surface area contributed by atoms with Gasteiger partial charge in [0.05, 0.1) is 6.20 Å². The minimum atomic E-state index is 0.0458. The SMILES string of the molecule is CCN(CC=CC#CC(C)(C)C)Cc1cccc(SCc2cccc(-c3cnco3)c2)c1. The van der Waals surface area contributed by atoms with Gasteiger partial charge in [-0.15, -0.1) is 11.8 Å². The molecule has 2 aromatic carbocycles. The number of hydrogen-bond acceptors (Lipinski definition) is 4. The number of rotatable bonds is 9. The Morgan fingerprint density at radius 1 is 1.09 bits per heavy atom. The van der Waals surface area contributed by atoms with Gasteiger partial charge in [0.25, 0.3) is 0 Å². The highest BCUT2D eigenvalue weighted by Gasteiger charge is 2.06. The number of benzene rings is 2. The number of allylic oxidation sites excluding steroid dienone is 1. The zero-order valence-electron chi connectivity index (χ0n) is 19.5. The molecule has 3 nitrogen and oxygen atoms in total. The topological polar surface area (TPSA) is 29.3 Å². The molecule has 32 heavy (non-hydrogen) atoms. The van der Waals surface area contributed by atoms with E-state index in [2.05, 4.69) is 104 Å². The van der Waals surface area contributed by atoms with Gasteiger partial charge in [0.1, 0.15) is 0 Å². The Bertz CT molecular complexity index is 1070. The van der Waals surface area contributed by atoms with Gasteiger partial charge in [-0.1, -0.05) is 55.2 Å². The fraction of sp³-hybridized carbons (Fsp3) is 0.321. The predicted octanol–water partition coefficient (Wildman–Crippen LogP) is 7.06. The summed E-state index contributed by atoms with van der Waals surface area (Å²) >= 11 is 1.86. The van der Waals surface area contributed by atoms with E-state index in [0.717, 1.165) is 36.7 Å². The van der Waals surface area contributed by atoms with Crippen LogP contribution < -0.4 is 0 Å². The van der Waals surface area contributed by atoms with Crippen LogP contribution >= 0.6 is 11.8 Å². The Balaban J connectivity index is 1.56. The van der Waals surface area contributed by atoms with Crippen LogP contribution in [0.15, 0.2) is 82.6 Å². The predicted molar refractivity (Wildman–Crippen MR) is 135 cm³/mol. The molecule has 0 fully saturated rings. The normalized spacial score (nSPS) is 11.7. The first-order chi connectivity index (χ1) is 15.4. The van der Waals surface area contributed by atoms with Crippen LogP contribution in [0.2, 0.25) is 0 Å². The molecule has 166 valence electrons. The summed E-state index contributed by atoms with van der Waals surface area (Å²) in [6, 6.07) is 17.3. The lowest BCUT2D eigenvalue weighted by Gasteiger charge is -2.18. The fourth-order valence-electron chi connectivity index (χ4n) is 3.16. The summed E-state index contributed by atoms with van der Waals surface area (Å²) in [5.74, 6) is 8.11. The van der Waals surface area contributed by atoms with E-state index in [1.807, 2.05) is 17.8 Å². The number of thioether (sulfide) groups is 1. The van der Waals surface area contributed by atoms with Crippen molar-refractivity contribution < 1.29 is 4.42 Å². The van der Waals surface area contributed by atoms with Crippen molar-refractivity contribution in [3.05, 3.63) is 84.4 Å². The van der Waals surface area contributed by atoms with Gasteiger partial charge in [0, 0.05) is 34.7 Å². The van der Waals surface area contributed by atoms with E-state index in [4.69, 9.17) is 4.42 Å². The third-order valence-corrected chi connectivity index (χ3v) is 5.88. The minimum Gasteiger partial charge on any atom is -0.444 e. The van der Waals surface area contributed by atoms with Gasteiger partial charge in [0.2, 0.25) is 0 Å². The van der Waals surface area contributed by atoms with Crippen molar-refractivity contribution in [2.45, 2.75) is 44.9 Å². The van der Waals surface area contributed by atoms with Crippen LogP contribution in [0.1, 0.15) is 38.8 Å². The van der Waals surface area contributed by atoms with Gasteiger partial charge in [-0.05, 0) is 62.7 Å². The Morgan fingerprint density at radius 2 is 1.91 bits per heavy atom. The molecule has 0 unspecified atom stereocenters. The summed E-state index contributed by atoms with van der Waals surface area (Å²) in [5.41, 5.74) is 3.71. The Kier molecular flexibility index (Phi) is 8.79. The van der Waals surface area contributed by atoms with E-state index in [9.17, 15) is 0 Å². The Hall–Kier alpha value is -2.74. The quantitative estimate of drug-likeness (QED) is 0.261. The number of nitrogens with zero attached hydrogens (tertiary/aromatic N) is 2. The van der Waals surface area contributed by atoms with Gasteiger partial charge in [-0.2, -0.15) is 0 Å². The molecule has 0 saturated carbocycles. The zero-order chi connectivity index (χ0) is 22.8. The van der Waals surface area contributed by atoms with Crippen LogP contribution in [0.5, 0.6) is 0 Å². The highest BCUT2D eigenvalue weighted by molar-refractivity contribution is 7.98. The first kappa shape index (κ1) is 23.9. The summed E-state index contributed by atoms with van der Waals surface area (Å²) in [7, 11) is 0. The molecule has 4 heteroatoms. The van der Waals surface area contributed by atoms with Crippen LogP contribution in [-0.4, -0.2) is 23.0 Å². The van der Waals surface area contributed by atoms with Gasteiger partial charge < -0.3 is 4.42 Å². The lowest BCUT2D eigenvalue weighted by Crippen LogP contribution is -2.22. The zero-order valence-corrected chi connectivity index (χ0v) is 20.3. The van der Waals surface area contributed by atoms with Crippen molar-refractivity contribution in [2.24, 2.45) is 5.41 Å². The molecule has 0 amide bonds. The maximum Gasteiger partial charge on any atom is 0.181 e. The standard InChI is InChI=1S/C28H32N2OS/c1-5-30(16-8-6-7-15-28(2,3)4)20-23-11-10-14-26(18-23)32-21-24-12-9-13-25(17-24)27-19-29-22-31-27/h6,8-14,17-19,22H,5,16,20-21H2,1-4H3. The first-order valence-electron chi connectivity index (χ1n) is 11.0. The molecule has 0 aliphatic carbocycles. The van der Waals surface area contributed by atoms with Crippen molar-refractivity contribution in [3.63, 3.8) is 0 Å². The van der Waals surface area contributed by atoms with Crippen LogP contribution in [0.25, 0.3) is 11.3 Å². The molecule has 0 N–H and O–H groups in total. The van der Waals surface area contributed by atoms with Gasteiger partial charge in [0.15, 0.2) is 12.2 Å². The van der Waals surface area contributed by atoms with Crippen molar-refractivity contribution in [1.29, 1.82) is 0 Å². The Labute approximate surface area is 196 Å². The van der Waals surface area contributed by atoms with Gasteiger partial charge >= 0.3 is 0 Å². The van der Waals surface area contributed by atoms with Crippen molar-refractivity contribution >= 4 is 11.8 Å². The largest absolute Gasteiger partial charge is 0.444 e. The molecular weight excluding hydrogens is 412 g/mol. The molecule has 0 spiro atoms. The molecule has 3 rings (SSSR count). The fourth-order valence-corrected chi connectivity index (χ4v) is 4.08. The molecular formula is C28H32N2OS. The second-order valence-electron chi connectivity index (χ2n) is 8.75. The third kappa shape index (κ3) is 8.07. The van der Waals surface area contributed by atoms with E-state index >= 15 is 0 Å². The van der Waals surface area contributed by atoms with Crippen molar-refractivity contribution in [3.8, 4) is 23.2 Å². The smallest absolute Gasteiger partial charge is 0.181 e. The molecule has 0 radical (unpaired) electrons. The number of likely N-dealkylation sites (N-methyl/N-ethyl adjacent to an activating group) is 1. The maximum atomic E-state index is 5.42. The van der Waals surface area contributed by atoms with Crippen molar-refractivity contribution in [2.75, 3.05) is 13.1 Å². The molecule has 0 atom stereocenters. The van der Waals surface area contributed by atoms with E-state index in [1.54, 1.807) is 6.20 Å². The third-order valence-electron chi connectivity index (χ3n) is 4.81. The molecule has 3 aromatic rings. The Morgan fingerprint density at radius 3 is 2.66 bits per heavy atom. The second-order valence-corrected chi connectivity index (χ2v) is 9.80. The van der Waals surface area contributed by atoms with E-state index in [-0.39, 0.29) is 5.41 Å². The van der Waals surface area contributed by atoms with E-state index < -0.39 is 0 Å². The summed E-state index contributed by atoms with van der Waals surface area (Å²) in [6.45, 7) is 11.4. The molecule has 0 aliphatic heterocycles. The number of aromatic nitrogens is 1. The van der Waals surface area contributed by atoms with Gasteiger partial charge in [-0.3, -0.25) is 4.90 Å².